The van der Waals surface area contributed by atoms with Crippen LogP contribution in [0.15, 0.2) is 18.2 Å². The number of amides is 1. The zero-order valence-electron chi connectivity index (χ0n) is 13.9. The standard InChI is InChI=1S/C18H24N2O4/c21-18(13-19-6-8-22-9-7-19)20-5-1-2-15(20)14-3-4-16-17(12-14)24-11-10-23-16/h3-4,12,15H,1-2,5-11,13H2. The van der Waals surface area contributed by atoms with Crippen LogP contribution in [0.5, 0.6) is 11.5 Å². The third-order valence-electron chi connectivity index (χ3n) is 4.99. The van der Waals surface area contributed by atoms with Crippen LogP contribution in [0.4, 0.5) is 0 Å². The van der Waals surface area contributed by atoms with Crippen molar-refractivity contribution in [3.63, 3.8) is 0 Å². The monoisotopic (exact) mass is 332 g/mol. The van der Waals surface area contributed by atoms with E-state index in [1.165, 1.54) is 0 Å². The van der Waals surface area contributed by atoms with E-state index in [0.717, 1.165) is 62.8 Å². The molecule has 6 nitrogen and oxygen atoms in total. The van der Waals surface area contributed by atoms with E-state index in [4.69, 9.17) is 14.2 Å². The van der Waals surface area contributed by atoms with E-state index >= 15 is 0 Å². The molecule has 2 fully saturated rings. The summed E-state index contributed by atoms with van der Waals surface area (Å²) in [5.74, 6) is 1.81. The number of carbonyl (C=O) groups excluding carboxylic acids is 1. The van der Waals surface area contributed by atoms with Crippen LogP contribution in [0.2, 0.25) is 0 Å². The molecule has 3 aliphatic rings. The van der Waals surface area contributed by atoms with Crippen LogP contribution in [-0.4, -0.2) is 68.3 Å². The van der Waals surface area contributed by atoms with Crippen LogP contribution in [-0.2, 0) is 9.53 Å². The van der Waals surface area contributed by atoms with E-state index in [0.29, 0.717) is 19.8 Å². The molecule has 3 heterocycles. The van der Waals surface area contributed by atoms with Crippen LogP contribution in [0.3, 0.4) is 0 Å². The molecule has 1 aromatic rings. The third kappa shape index (κ3) is 3.21. The molecule has 6 heteroatoms. The van der Waals surface area contributed by atoms with Crippen molar-refractivity contribution in [1.82, 2.24) is 9.80 Å². The molecule has 0 saturated carbocycles. The lowest BCUT2D eigenvalue weighted by molar-refractivity contribution is -0.134. The number of morpholine rings is 1. The normalized spacial score (nSPS) is 24.2. The molecule has 1 atom stereocenters. The second kappa shape index (κ2) is 6.99. The van der Waals surface area contributed by atoms with Gasteiger partial charge in [0, 0.05) is 19.6 Å². The minimum absolute atomic E-state index is 0.148. The summed E-state index contributed by atoms with van der Waals surface area (Å²) in [4.78, 5) is 17.0. The number of likely N-dealkylation sites (tertiary alicyclic amines) is 1. The van der Waals surface area contributed by atoms with Gasteiger partial charge in [-0.1, -0.05) is 6.07 Å². The van der Waals surface area contributed by atoms with Gasteiger partial charge in [0.25, 0.3) is 0 Å². The first-order valence-corrected chi connectivity index (χ1v) is 8.80. The Morgan fingerprint density at radius 1 is 1.04 bits per heavy atom. The van der Waals surface area contributed by atoms with Gasteiger partial charge in [0.05, 0.1) is 25.8 Å². The fourth-order valence-electron chi connectivity index (χ4n) is 3.72. The Labute approximate surface area is 142 Å². The first-order valence-electron chi connectivity index (χ1n) is 8.80. The van der Waals surface area contributed by atoms with Crippen LogP contribution in [0.1, 0.15) is 24.4 Å². The first kappa shape index (κ1) is 15.7. The summed E-state index contributed by atoms with van der Waals surface area (Å²) in [5, 5.41) is 0. The second-order valence-corrected chi connectivity index (χ2v) is 6.54. The van der Waals surface area contributed by atoms with Crippen molar-refractivity contribution < 1.29 is 19.0 Å². The SMILES string of the molecule is O=C(CN1CCOCC1)N1CCCC1c1ccc2c(c1)OCCO2. The highest BCUT2D eigenvalue weighted by molar-refractivity contribution is 5.79. The van der Waals surface area contributed by atoms with Gasteiger partial charge in [0.1, 0.15) is 13.2 Å². The maximum atomic E-state index is 12.8. The molecular weight excluding hydrogens is 308 g/mol. The van der Waals surface area contributed by atoms with Crippen LogP contribution in [0, 0.1) is 0 Å². The van der Waals surface area contributed by atoms with E-state index in [1.807, 2.05) is 17.0 Å². The van der Waals surface area contributed by atoms with Crippen molar-refractivity contribution in [2.24, 2.45) is 0 Å². The predicted molar refractivity (Wildman–Crippen MR) is 88.4 cm³/mol. The Balaban J connectivity index is 1.47. The van der Waals surface area contributed by atoms with Crippen LogP contribution in [0.25, 0.3) is 0 Å². The number of hydrogen-bond acceptors (Lipinski definition) is 5. The number of ether oxygens (including phenoxy) is 3. The Kier molecular flexibility index (Phi) is 4.58. The van der Waals surface area contributed by atoms with Gasteiger partial charge in [-0.15, -0.1) is 0 Å². The smallest absolute Gasteiger partial charge is 0.237 e. The highest BCUT2D eigenvalue weighted by Gasteiger charge is 2.31. The lowest BCUT2D eigenvalue weighted by Crippen LogP contribution is -2.44. The lowest BCUT2D eigenvalue weighted by atomic mass is 10.0. The van der Waals surface area contributed by atoms with Gasteiger partial charge < -0.3 is 19.1 Å². The number of hydrogen-bond donors (Lipinski definition) is 0. The molecule has 3 aliphatic heterocycles. The minimum atomic E-state index is 0.148. The molecular formula is C18H24N2O4. The van der Waals surface area contributed by atoms with Gasteiger partial charge in [-0.25, -0.2) is 0 Å². The van der Waals surface area contributed by atoms with Gasteiger partial charge in [-0.2, -0.15) is 0 Å². The number of nitrogens with zero attached hydrogens (tertiary/aromatic N) is 2. The molecule has 2 saturated heterocycles. The minimum Gasteiger partial charge on any atom is -0.486 e. The van der Waals surface area contributed by atoms with E-state index in [1.54, 1.807) is 0 Å². The van der Waals surface area contributed by atoms with Crippen LogP contribution >= 0.6 is 0 Å². The van der Waals surface area contributed by atoms with E-state index in [-0.39, 0.29) is 11.9 Å². The molecule has 0 spiro atoms. The highest BCUT2D eigenvalue weighted by Crippen LogP contribution is 2.38. The second-order valence-electron chi connectivity index (χ2n) is 6.54. The Morgan fingerprint density at radius 2 is 1.83 bits per heavy atom. The number of rotatable bonds is 3. The molecule has 0 radical (unpaired) electrons. The number of fused-ring (bicyclic) bond motifs is 1. The molecule has 0 N–H and O–H groups in total. The molecule has 0 aromatic heterocycles. The van der Waals surface area contributed by atoms with Gasteiger partial charge in [-0.05, 0) is 30.5 Å². The van der Waals surface area contributed by atoms with Gasteiger partial charge in [0.2, 0.25) is 5.91 Å². The highest BCUT2D eigenvalue weighted by atomic mass is 16.6. The largest absolute Gasteiger partial charge is 0.486 e. The maximum absolute atomic E-state index is 12.8. The Bertz CT molecular complexity index is 601. The van der Waals surface area contributed by atoms with Gasteiger partial charge in [0.15, 0.2) is 11.5 Å². The fourth-order valence-corrected chi connectivity index (χ4v) is 3.72. The van der Waals surface area contributed by atoms with E-state index in [2.05, 4.69) is 11.0 Å². The molecule has 1 amide bonds. The fraction of sp³-hybridized carbons (Fsp3) is 0.611. The third-order valence-corrected chi connectivity index (χ3v) is 4.99. The first-order chi connectivity index (χ1) is 11.8. The van der Waals surface area contributed by atoms with Crippen molar-refractivity contribution in [2.75, 3.05) is 52.6 Å². The van der Waals surface area contributed by atoms with Crippen molar-refractivity contribution in [3.8, 4) is 11.5 Å². The Hall–Kier alpha value is -1.79. The van der Waals surface area contributed by atoms with E-state index < -0.39 is 0 Å². The molecule has 0 aliphatic carbocycles. The Morgan fingerprint density at radius 3 is 2.67 bits per heavy atom. The summed E-state index contributed by atoms with van der Waals surface area (Å²) < 4.78 is 16.6. The topological polar surface area (TPSA) is 51.2 Å². The quantitative estimate of drug-likeness (QED) is 0.839. The van der Waals surface area contributed by atoms with Crippen molar-refractivity contribution >= 4 is 5.91 Å². The summed E-state index contributed by atoms with van der Waals surface area (Å²) in [5.41, 5.74) is 1.15. The summed E-state index contributed by atoms with van der Waals surface area (Å²) in [7, 11) is 0. The van der Waals surface area contributed by atoms with Crippen molar-refractivity contribution in [2.45, 2.75) is 18.9 Å². The molecule has 24 heavy (non-hydrogen) atoms. The summed E-state index contributed by atoms with van der Waals surface area (Å²) >= 11 is 0. The summed E-state index contributed by atoms with van der Waals surface area (Å²) in [6.45, 7) is 5.63. The van der Waals surface area contributed by atoms with Crippen molar-refractivity contribution in [1.29, 1.82) is 0 Å². The molecule has 1 unspecified atom stereocenters. The molecule has 0 bridgehead atoms. The van der Waals surface area contributed by atoms with Crippen LogP contribution < -0.4 is 9.47 Å². The summed E-state index contributed by atoms with van der Waals surface area (Å²) in [6.07, 6.45) is 2.06. The average molecular weight is 332 g/mol. The predicted octanol–water partition coefficient (Wildman–Crippen LogP) is 1.45. The molecule has 1 aromatic carbocycles. The maximum Gasteiger partial charge on any atom is 0.237 e. The molecule has 130 valence electrons. The lowest BCUT2D eigenvalue weighted by Gasteiger charge is -2.31. The van der Waals surface area contributed by atoms with E-state index in [9.17, 15) is 4.79 Å². The zero-order chi connectivity index (χ0) is 16.4. The summed E-state index contributed by atoms with van der Waals surface area (Å²) in [6, 6.07) is 6.22. The average Bonchev–Trinajstić information content (AvgIpc) is 3.12. The molecule has 4 rings (SSSR count). The number of benzene rings is 1. The number of carbonyl (C=O) groups is 1. The van der Waals surface area contributed by atoms with Gasteiger partial charge in [-0.3, -0.25) is 9.69 Å². The van der Waals surface area contributed by atoms with Crippen molar-refractivity contribution in [3.05, 3.63) is 23.8 Å². The van der Waals surface area contributed by atoms with Gasteiger partial charge >= 0.3 is 0 Å². The zero-order valence-corrected chi connectivity index (χ0v) is 13.9.